The van der Waals surface area contributed by atoms with Crippen LogP contribution < -0.4 is 10.6 Å². The normalized spacial score (nSPS) is 11.5. The molecule has 114 valence electrons. The van der Waals surface area contributed by atoms with Crippen LogP contribution in [-0.2, 0) is 14.4 Å². The summed E-state index contributed by atoms with van der Waals surface area (Å²) >= 11 is 0. The first kappa shape index (κ1) is 16.7. The van der Waals surface area contributed by atoms with Crippen molar-refractivity contribution in [3.05, 3.63) is 29.8 Å². The number of carboxylic acid groups (broad SMARTS) is 1. The van der Waals surface area contributed by atoms with Crippen molar-refractivity contribution in [2.75, 3.05) is 11.9 Å². The molecule has 0 aliphatic rings. The molecule has 3 N–H and O–H groups in total. The Hall–Kier alpha value is -2.37. The molecule has 1 aromatic rings. The molecule has 0 fully saturated rings. The van der Waals surface area contributed by atoms with Gasteiger partial charge in [-0.2, -0.15) is 0 Å². The maximum Gasteiger partial charge on any atom is 0.313 e. The van der Waals surface area contributed by atoms with Gasteiger partial charge in [0.05, 0.1) is 5.92 Å². The Bertz CT molecular complexity index is 511. The number of carbonyl (C=O) groups excluding carboxylic acids is 2. The number of amides is 2. The van der Waals surface area contributed by atoms with Crippen molar-refractivity contribution in [1.29, 1.82) is 0 Å². The zero-order chi connectivity index (χ0) is 15.8. The average molecular weight is 292 g/mol. The van der Waals surface area contributed by atoms with Crippen LogP contribution in [0.1, 0.15) is 25.3 Å². The van der Waals surface area contributed by atoms with Gasteiger partial charge in [0, 0.05) is 12.2 Å². The molecule has 6 heteroatoms. The van der Waals surface area contributed by atoms with Crippen LogP contribution >= 0.6 is 0 Å². The summed E-state index contributed by atoms with van der Waals surface area (Å²) in [5.41, 5.74) is 1.62. The van der Waals surface area contributed by atoms with Crippen LogP contribution in [-0.4, -0.2) is 29.4 Å². The van der Waals surface area contributed by atoms with Gasteiger partial charge in [-0.15, -0.1) is 0 Å². The second-order valence-corrected chi connectivity index (χ2v) is 4.96. The van der Waals surface area contributed by atoms with E-state index < -0.39 is 23.7 Å². The van der Waals surface area contributed by atoms with Crippen molar-refractivity contribution >= 4 is 23.5 Å². The summed E-state index contributed by atoms with van der Waals surface area (Å²) < 4.78 is 0. The second-order valence-electron chi connectivity index (χ2n) is 4.96. The number of nitrogens with one attached hydrogen (secondary N) is 2. The molecule has 0 saturated heterocycles. The fourth-order valence-electron chi connectivity index (χ4n) is 1.64. The van der Waals surface area contributed by atoms with Crippen molar-refractivity contribution in [2.45, 2.75) is 26.7 Å². The van der Waals surface area contributed by atoms with E-state index >= 15 is 0 Å². The Balaban J connectivity index is 2.30. The fraction of sp³-hybridized carbons (Fsp3) is 0.400. The van der Waals surface area contributed by atoms with Gasteiger partial charge in [-0.3, -0.25) is 14.4 Å². The number of hydrogen-bond acceptors (Lipinski definition) is 3. The zero-order valence-electron chi connectivity index (χ0n) is 12.2. The third-order valence-corrected chi connectivity index (χ3v) is 3.04. The molecule has 1 rings (SSSR count). The summed E-state index contributed by atoms with van der Waals surface area (Å²) in [6.07, 6.45) is 0.964. The summed E-state index contributed by atoms with van der Waals surface area (Å²) in [6.45, 7) is 3.81. The fourth-order valence-corrected chi connectivity index (χ4v) is 1.64. The van der Waals surface area contributed by atoms with Crippen molar-refractivity contribution in [1.82, 2.24) is 5.32 Å². The highest BCUT2D eigenvalue weighted by Crippen LogP contribution is 2.08. The molecule has 1 atom stereocenters. The van der Waals surface area contributed by atoms with Crippen LogP contribution in [0.15, 0.2) is 24.3 Å². The molecule has 0 bridgehead atoms. The van der Waals surface area contributed by atoms with Crippen LogP contribution in [0.25, 0.3) is 0 Å². The van der Waals surface area contributed by atoms with Crippen LogP contribution in [0.5, 0.6) is 0 Å². The van der Waals surface area contributed by atoms with E-state index in [1.807, 2.05) is 19.1 Å². The molecule has 0 aromatic heterocycles. The van der Waals surface area contributed by atoms with Gasteiger partial charge in [-0.25, -0.2) is 0 Å². The number of carboxylic acids is 1. The van der Waals surface area contributed by atoms with Gasteiger partial charge in [0.1, 0.15) is 0 Å². The predicted octanol–water partition coefficient (Wildman–Crippen LogP) is 1.55. The van der Waals surface area contributed by atoms with Crippen LogP contribution in [0.3, 0.4) is 0 Å². The van der Waals surface area contributed by atoms with E-state index in [9.17, 15) is 14.4 Å². The van der Waals surface area contributed by atoms with E-state index in [2.05, 4.69) is 10.6 Å². The quantitative estimate of drug-likeness (QED) is 0.547. The second kappa shape index (κ2) is 8.04. The molecule has 0 radical (unpaired) electrons. The topological polar surface area (TPSA) is 95.5 Å². The molecule has 6 nitrogen and oxygen atoms in total. The van der Waals surface area contributed by atoms with Crippen molar-refractivity contribution < 1.29 is 19.5 Å². The molecular formula is C15H20N2O4. The van der Waals surface area contributed by atoms with Crippen molar-refractivity contribution in [3.8, 4) is 0 Å². The minimum absolute atomic E-state index is 0.276. The standard InChI is InChI=1S/C15H20N2O4/c1-10-5-7-12(8-6-10)17-14(19)13(18)16-9-3-4-11(2)15(20)21/h5-8,11H,3-4,9H2,1-2H3,(H,16,18)(H,17,19)(H,20,21). The van der Waals surface area contributed by atoms with E-state index in [4.69, 9.17) is 5.11 Å². The number of hydrogen-bond donors (Lipinski definition) is 3. The minimum Gasteiger partial charge on any atom is -0.481 e. The molecule has 0 heterocycles. The Kier molecular flexibility index (Phi) is 6.39. The number of aryl methyl sites for hydroxylation is 1. The molecule has 21 heavy (non-hydrogen) atoms. The van der Waals surface area contributed by atoms with E-state index in [0.29, 0.717) is 18.5 Å². The summed E-state index contributed by atoms with van der Waals surface area (Å²) in [5.74, 6) is -2.77. The molecule has 1 aromatic carbocycles. The third kappa shape index (κ3) is 6.07. The Morgan fingerprint density at radius 2 is 1.76 bits per heavy atom. The van der Waals surface area contributed by atoms with Gasteiger partial charge in [-0.05, 0) is 31.9 Å². The number of benzene rings is 1. The Morgan fingerprint density at radius 1 is 1.14 bits per heavy atom. The van der Waals surface area contributed by atoms with Gasteiger partial charge >= 0.3 is 17.8 Å². The lowest BCUT2D eigenvalue weighted by molar-refractivity contribution is -0.141. The Morgan fingerprint density at radius 3 is 2.33 bits per heavy atom. The highest BCUT2D eigenvalue weighted by molar-refractivity contribution is 6.39. The first-order valence-corrected chi connectivity index (χ1v) is 6.79. The van der Waals surface area contributed by atoms with Crippen molar-refractivity contribution in [3.63, 3.8) is 0 Å². The Labute approximate surface area is 123 Å². The van der Waals surface area contributed by atoms with Gasteiger partial charge in [0.15, 0.2) is 0 Å². The van der Waals surface area contributed by atoms with Gasteiger partial charge in [-0.1, -0.05) is 24.6 Å². The maximum absolute atomic E-state index is 11.6. The first-order chi connectivity index (χ1) is 9.90. The maximum atomic E-state index is 11.6. The average Bonchev–Trinajstić information content (AvgIpc) is 2.45. The third-order valence-electron chi connectivity index (χ3n) is 3.04. The predicted molar refractivity (Wildman–Crippen MR) is 78.9 cm³/mol. The lowest BCUT2D eigenvalue weighted by Gasteiger charge is -2.08. The molecule has 0 spiro atoms. The first-order valence-electron chi connectivity index (χ1n) is 6.79. The van der Waals surface area contributed by atoms with Crippen LogP contribution in [0.2, 0.25) is 0 Å². The molecular weight excluding hydrogens is 272 g/mol. The van der Waals surface area contributed by atoms with E-state index in [0.717, 1.165) is 5.56 Å². The summed E-state index contributed by atoms with van der Waals surface area (Å²) in [7, 11) is 0. The van der Waals surface area contributed by atoms with Gasteiger partial charge < -0.3 is 15.7 Å². The van der Waals surface area contributed by atoms with E-state index in [1.165, 1.54) is 0 Å². The van der Waals surface area contributed by atoms with Gasteiger partial charge in [0.25, 0.3) is 0 Å². The summed E-state index contributed by atoms with van der Waals surface area (Å²) in [5, 5.41) is 13.7. The number of aliphatic carboxylic acids is 1. The lowest BCUT2D eigenvalue weighted by Crippen LogP contribution is -2.36. The minimum atomic E-state index is -0.863. The summed E-state index contributed by atoms with van der Waals surface area (Å²) in [6, 6.07) is 7.10. The SMILES string of the molecule is Cc1ccc(NC(=O)C(=O)NCCCC(C)C(=O)O)cc1. The van der Waals surface area contributed by atoms with Crippen LogP contribution in [0, 0.1) is 12.8 Å². The van der Waals surface area contributed by atoms with Crippen molar-refractivity contribution in [2.24, 2.45) is 5.92 Å². The van der Waals surface area contributed by atoms with Gasteiger partial charge in [0.2, 0.25) is 0 Å². The van der Waals surface area contributed by atoms with E-state index in [-0.39, 0.29) is 6.54 Å². The van der Waals surface area contributed by atoms with Crippen LogP contribution in [0.4, 0.5) is 5.69 Å². The number of rotatable bonds is 6. The van der Waals surface area contributed by atoms with E-state index in [1.54, 1.807) is 19.1 Å². The molecule has 2 amide bonds. The molecule has 0 saturated carbocycles. The summed E-state index contributed by atoms with van der Waals surface area (Å²) in [4.78, 5) is 33.8. The largest absolute Gasteiger partial charge is 0.481 e. The number of carbonyl (C=O) groups is 3. The highest BCUT2D eigenvalue weighted by Gasteiger charge is 2.14. The monoisotopic (exact) mass is 292 g/mol. The smallest absolute Gasteiger partial charge is 0.313 e. The lowest BCUT2D eigenvalue weighted by atomic mass is 10.1. The molecule has 1 unspecified atom stereocenters. The zero-order valence-corrected chi connectivity index (χ0v) is 12.2. The number of anilines is 1. The highest BCUT2D eigenvalue weighted by atomic mass is 16.4. The molecule has 0 aliphatic carbocycles. The molecule has 0 aliphatic heterocycles.